The molecule has 0 atom stereocenters. The Morgan fingerprint density at radius 3 is 2.75 bits per heavy atom. The van der Waals surface area contributed by atoms with E-state index in [4.69, 9.17) is 4.74 Å². The minimum absolute atomic E-state index is 0.0239. The highest BCUT2D eigenvalue weighted by atomic mass is 16.5. The maximum absolute atomic E-state index is 11.2. The molecule has 0 bridgehead atoms. The first-order valence-electron chi connectivity index (χ1n) is 3.94. The molecule has 0 aliphatic rings. The summed E-state index contributed by atoms with van der Waals surface area (Å²) in [7, 11) is 1.60. The Labute approximate surface area is 71.6 Å². The highest BCUT2D eigenvalue weighted by Crippen LogP contribution is 2.12. The van der Waals surface area contributed by atoms with E-state index in [-0.39, 0.29) is 5.56 Å². The van der Waals surface area contributed by atoms with Gasteiger partial charge in [0.05, 0.1) is 7.11 Å². The van der Waals surface area contributed by atoms with Crippen LogP contribution >= 0.6 is 0 Å². The molecule has 3 nitrogen and oxygen atoms in total. The molecule has 0 saturated carbocycles. The number of hydrogen-bond acceptors (Lipinski definition) is 2. The van der Waals surface area contributed by atoms with Crippen molar-refractivity contribution in [1.29, 1.82) is 0 Å². The van der Waals surface area contributed by atoms with Crippen molar-refractivity contribution in [3.05, 3.63) is 28.2 Å². The fraction of sp³-hybridized carbons (Fsp3) is 0.444. The second-order valence-electron chi connectivity index (χ2n) is 2.65. The summed E-state index contributed by atoms with van der Waals surface area (Å²) in [4.78, 5) is 11.2. The predicted octanol–water partition coefficient (Wildman–Crippen LogP) is 1.19. The van der Waals surface area contributed by atoms with E-state index in [0.29, 0.717) is 6.54 Å². The predicted molar refractivity (Wildman–Crippen MR) is 47.7 cm³/mol. The lowest BCUT2D eigenvalue weighted by molar-refractivity contribution is 0.405. The Hall–Kier alpha value is -1.25. The van der Waals surface area contributed by atoms with Crippen LogP contribution in [-0.2, 0) is 6.54 Å². The first kappa shape index (κ1) is 8.84. The number of aromatic nitrogens is 1. The molecule has 12 heavy (non-hydrogen) atoms. The van der Waals surface area contributed by atoms with Crippen LogP contribution in [0, 0.1) is 6.92 Å². The molecule has 0 aliphatic carbocycles. The van der Waals surface area contributed by atoms with Gasteiger partial charge < -0.3 is 9.30 Å². The van der Waals surface area contributed by atoms with E-state index in [1.165, 1.54) is 0 Å². The molecule has 0 saturated heterocycles. The Bertz CT molecular complexity index is 328. The van der Waals surface area contributed by atoms with Crippen molar-refractivity contribution in [2.24, 2.45) is 0 Å². The Morgan fingerprint density at radius 2 is 2.25 bits per heavy atom. The van der Waals surface area contributed by atoms with E-state index in [1.54, 1.807) is 23.9 Å². The average Bonchev–Trinajstić information content (AvgIpc) is 2.05. The van der Waals surface area contributed by atoms with Gasteiger partial charge >= 0.3 is 0 Å². The fourth-order valence-corrected chi connectivity index (χ4v) is 1.11. The molecule has 0 aromatic carbocycles. The van der Waals surface area contributed by atoms with Crippen LogP contribution < -0.4 is 10.3 Å². The van der Waals surface area contributed by atoms with Gasteiger partial charge in [0.2, 0.25) is 0 Å². The normalized spacial score (nSPS) is 9.92. The van der Waals surface area contributed by atoms with Crippen LogP contribution in [0.25, 0.3) is 0 Å². The van der Waals surface area contributed by atoms with Gasteiger partial charge in [-0.05, 0) is 19.4 Å². The highest BCUT2D eigenvalue weighted by molar-refractivity contribution is 5.28. The monoisotopic (exact) mass is 167 g/mol. The second-order valence-corrected chi connectivity index (χ2v) is 2.65. The average molecular weight is 167 g/mol. The van der Waals surface area contributed by atoms with Crippen molar-refractivity contribution in [3.63, 3.8) is 0 Å². The third-order valence-electron chi connectivity index (χ3n) is 1.85. The quantitative estimate of drug-likeness (QED) is 0.662. The standard InChI is InChI=1S/C9H13NO2/c1-4-10-6-8(12-3)7(2)5-9(10)11/h5-6H,4H2,1-3H3. The van der Waals surface area contributed by atoms with Crippen LogP contribution in [0.5, 0.6) is 5.75 Å². The van der Waals surface area contributed by atoms with E-state index in [2.05, 4.69) is 0 Å². The summed E-state index contributed by atoms with van der Waals surface area (Å²) in [5.74, 6) is 0.761. The lowest BCUT2D eigenvalue weighted by atomic mass is 10.3. The number of ether oxygens (including phenoxy) is 1. The molecular weight excluding hydrogens is 154 g/mol. The van der Waals surface area contributed by atoms with Crippen molar-refractivity contribution in [2.75, 3.05) is 7.11 Å². The minimum atomic E-state index is 0.0239. The van der Waals surface area contributed by atoms with Crippen LogP contribution in [0.1, 0.15) is 12.5 Å². The molecule has 3 heteroatoms. The lowest BCUT2D eigenvalue weighted by Gasteiger charge is -2.07. The molecule has 0 N–H and O–H groups in total. The number of pyridine rings is 1. The van der Waals surface area contributed by atoms with Gasteiger partial charge in [-0.15, -0.1) is 0 Å². The zero-order chi connectivity index (χ0) is 9.14. The molecule has 0 fully saturated rings. The molecule has 0 amide bonds. The Kier molecular flexibility index (Phi) is 2.53. The van der Waals surface area contributed by atoms with Gasteiger partial charge in [-0.1, -0.05) is 0 Å². The summed E-state index contributed by atoms with van der Waals surface area (Å²) >= 11 is 0. The van der Waals surface area contributed by atoms with Crippen LogP contribution in [0.4, 0.5) is 0 Å². The molecule has 0 aliphatic heterocycles. The molecule has 0 unspecified atom stereocenters. The number of aryl methyl sites for hydroxylation is 2. The molecular formula is C9H13NO2. The summed E-state index contributed by atoms with van der Waals surface area (Å²) in [6.07, 6.45) is 1.73. The van der Waals surface area contributed by atoms with Gasteiger partial charge in [-0.3, -0.25) is 4.79 Å². The SMILES string of the molecule is CCn1cc(OC)c(C)cc1=O. The van der Waals surface area contributed by atoms with Crippen molar-refractivity contribution in [1.82, 2.24) is 4.57 Å². The van der Waals surface area contributed by atoms with Crippen LogP contribution in [-0.4, -0.2) is 11.7 Å². The maximum Gasteiger partial charge on any atom is 0.251 e. The zero-order valence-electron chi connectivity index (χ0n) is 7.63. The van der Waals surface area contributed by atoms with Crippen LogP contribution in [0.2, 0.25) is 0 Å². The largest absolute Gasteiger partial charge is 0.495 e. The van der Waals surface area contributed by atoms with E-state index < -0.39 is 0 Å². The van der Waals surface area contributed by atoms with Gasteiger partial charge in [0.25, 0.3) is 5.56 Å². The first-order valence-corrected chi connectivity index (χ1v) is 3.94. The summed E-state index contributed by atoms with van der Waals surface area (Å²) < 4.78 is 6.70. The van der Waals surface area contributed by atoms with Crippen molar-refractivity contribution < 1.29 is 4.74 Å². The number of nitrogens with zero attached hydrogens (tertiary/aromatic N) is 1. The number of rotatable bonds is 2. The van der Waals surface area contributed by atoms with Crippen LogP contribution in [0.3, 0.4) is 0 Å². The Balaban J connectivity index is 3.27. The number of methoxy groups -OCH3 is 1. The van der Waals surface area contributed by atoms with Crippen molar-refractivity contribution >= 4 is 0 Å². The fourth-order valence-electron chi connectivity index (χ4n) is 1.11. The molecule has 1 heterocycles. The molecule has 66 valence electrons. The lowest BCUT2D eigenvalue weighted by Crippen LogP contribution is -2.18. The molecule has 0 spiro atoms. The second kappa shape index (κ2) is 3.43. The summed E-state index contributed by atoms with van der Waals surface area (Å²) in [5.41, 5.74) is 0.906. The molecule has 1 aromatic rings. The third-order valence-corrected chi connectivity index (χ3v) is 1.85. The topological polar surface area (TPSA) is 31.2 Å². The van der Waals surface area contributed by atoms with Gasteiger partial charge in [0.1, 0.15) is 5.75 Å². The highest BCUT2D eigenvalue weighted by Gasteiger charge is 2.00. The van der Waals surface area contributed by atoms with E-state index in [0.717, 1.165) is 11.3 Å². The van der Waals surface area contributed by atoms with Gasteiger partial charge in [0, 0.05) is 18.8 Å². The van der Waals surface area contributed by atoms with Gasteiger partial charge in [-0.25, -0.2) is 0 Å². The molecule has 1 aromatic heterocycles. The van der Waals surface area contributed by atoms with E-state index >= 15 is 0 Å². The molecule has 1 rings (SSSR count). The van der Waals surface area contributed by atoms with E-state index in [9.17, 15) is 4.79 Å². The van der Waals surface area contributed by atoms with E-state index in [1.807, 2.05) is 13.8 Å². The van der Waals surface area contributed by atoms with Gasteiger partial charge in [0.15, 0.2) is 0 Å². The zero-order valence-corrected chi connectivity index (χ0v) is 7.63. The number of hydrogen-bond donors (Lipinski definition) is 0. The first-order chi connectivity index (χ1) is 5.69. The maximum atomic E-state index is 11.2. The van der Waals surface area contributed by atoms with Crippen molar-refractivity contribution in [3.8, 4) is 5.75 Å². The summed E-state index contributed by atoms with van der Waals surface area (Å²) in [5, 5.41) is 0. The summed E-state index contributed by atoms with van der Waals surface area (Å²) in [6.45, 7) is 4.46. The van der Waals surface area contributed by atoms with Crippen LogP contribution in [0.15, 0.2) is 17.1 Å². The third kappa shape index (κ3) is 1.49. The smallest absolute Gasteiger partial charge is 0.251 e. The minimum Gasteiger partial charge on any atom is -0.495 e. The Morgan fingerprint density at radius 1 is 1.58 bits per heavy atom. The summed E-state index contributed by atoms with van der Waals surface area (Å²) in [6, 6.07) is 1.59. The van der Waals surface area contributed by atoms with Gasteiger partial charge in [-0.2, -0.15) is 0 Å². The molecule has 0 radical (unpaired) electrons. The van der Waals surface area contributed by atoms with Crippen molar-refractivity contribution in [2.45, 2.75) is 20.4 Å².